The molecule has 0 aliphatic heterocycles. The first-order chi connectivity index (χ1) is 15.3. The summed E-state index contributed by atoms with van der Waals surface area (Å²) < 4.78 is 0. The lowest BCUT2D eigenvalue weighted by Crippen LogP contribution is -2.57. The Morgan fingerprint density at radius 1 is 0.667 bits per heavy atom. The summed E-state index contributed by atoms with van der Waals surface area (Å²) >= 11 is 0. The third-order valence-corrected chi connectivity index (χ3v) is 4.63. The fraction of sp³-hybridized carbons (Fsp3) is 0.700. The van der Waals surface area contributed by atoms with Crippen molar-refractivity contribution in [1.82, 2.24) is 26.6 Å². The highest BCUT2D eigenvalue weighted by Crippen LogP contribution is 2.03. The summed E-state index contributed by atoms with van der Waals surface area (Å²) in [4.78, 5) is 71.4. The van der Waals surface area contributed by atoms with Crippen LogP contribution in [0.4, 0.5) is 0 Å². The molecule has 0 spiro atoms. The van der Waals surface area contributed by atoms with Gasteiger partial charge in [-0.1, -0.05) is 0 Å². The van der Waals surface area contributed by atoms with Crippen molar-refractivity contribution in [2.75, 3.05) is 6.54 Å². The van der Waals surface area contributed by atoms with Crippen LogP contribution in [0.25, 0.3) is 0 Å². The van der Waals surface area contributed by atoms with Gasteiger partial charge in [-0.2, -0.15) is 0 Å². The smallest absolute Gasteiger partial charge is 0.325 e. The van der Waals surface area contributed by atoms with Crippen molar-refractivity contribution in [3.05, 3.63) is 0 Å². The Morgan fingerprint density at radius 3 is 1.55 bits per heavy atom. The number of unbranched alkanes of at least 4 members (excludes halogenated alkanes) is 1. The van der Waals surface area contributed by atoms with Crippen LogP contribution in [0.5, 0.6) is 0 Å². The van der Waals surface area contributed by atoms with Gasteiger partial charge in [0.15, 0.2) is 0 Å². The fourth-order valence-corrected chi connectivity index (χ4v) is 2.61. The van der Waals surface area contributed by atoms with Crippen LogP contribution in [0.1, 0.15) is 53.9 Å². The van der Waals surface area contributed by atoms with E-state index in [2.05, 4.69) is 26.6 Å². The van der Waals surface area contributed by atoms with E-state index >= 15 is 0 Å². The van der Waals surface area contributed by atoms with E-state index in [9.17, 15) is 28.8 Å². The molecule has 13 nitrogen and oxygen atoms in total. The molecule has 0 saturated heterocycles. The Labute approximate surface area is 193 Å². The average molecular weight is 473 g/mol. The van der Waals surface area contributed by atoms with Gasteiger partial charge >= 0.3 is 5.97 Å². The maximum atomic E-state index is 12.7. The van der Waals surface area contributed by atoms with Crippen molar-refractivity contribution in [3.8, 4) is 0 Å². The number of carboxylic acid groups (broad SMARTS) is 1. The molecule has 0 radical (unpaired) electrons. The van der Waals surface area contributed by atoms with E-state index in [0.717, 1.165) is 0 Å². The molecule has 5 atom stereocenters. The first-order valence-electron chi connectivity index (χ1n) is 10.7. The summed E-state index contributed by atoms with van der Waals surface area (Å²) in [5, 5.41) is 21.0. The molecule has 0 bridgehead atoms. The molecule has 5 amide bonds. The molecule has 0 aliphatic rings. The molecule has 0 aromatic carbocycles. The number of aliphatic carboxylic acids is 1. The minimum Gasteiger partial charge on any atom is -0.480 e. The molecule has 0 aromatic heterocycles. The zero-order valence-corrected chi connectivity index (χ0v) is 19.7. The number of rotatable bonds is 14. The van der Waals surface area contributed by atoms with Gasteiger partial charge in [-0.3, -0.25) is 28.8 Å². The summed E-state index contributed by atoms with van der Waals surface area (Å²) in [6.45, 7) is 7.20. The van der Waals surface area contributed by atoms with E-state index in [0.29, 0.717) is 19.4 Å². The van der Waals surface area contributed by atoms with Gasteiger partial charge in [0.25, 0.3) is 0 Å². The third-order valence-electron chi connectivity index (χ3n) is 4.63. The van der Waals surface area contributed by atoms with Crippen LogP contribution in [0.15, 0.2) is 0 Å². The zero-order chi connectivity index (χ0) is 25.7. The van der Waals surface area contributed by atoms with Crippen LogP contribution in [0.2, 0.25) is 0 Å². The highest BCUT2D eigenvalue weighted by molar-refractivity contribution is 5.95. The molecule has 13 heteroatoms. The number of nitrogens with two attached hydrogens (primary N) is 1. The van der Waals surface area contributed by atoms with Crippen molar-refractivity contribution in [2.45, 2.75) is 84.1 Å². The predicted octanol–water partition coefficient (Wildman–Crippen LogP) is -2.28. The average Bonchev–Trinajstić information content (AvgIpc) is 2.71. The molecule has 0 rings (SSSR count). The molecular formula is C20H36N6O7. The topological polar surface area (TPSA) is 209 Å². The van der Waals surface area contributed by atoms with E-state index in [-0.39, 0.29) is 6.42 Å². The Kier molecular flexibility index (Phi) is 13.3. The van der Waals surface area contributed by atoms with Gasteiger partial charge < -0.3 is 37.4 Å². The van der Waals surface area contributed by atoms with Crippen LogP contribution in [0.3, 0.4) is 0 Å². The lowest BCUT2D eigenvalue weighted by Gasteiger charge is -2.24. The van der Waals surface area contributed by atoms with Crippen molar-refractivity contribution >= 4 is 35.5 Å². The summed E-state index contributed by atoms with van der Waals surface area (Å²) in [7, 11) is 0. The molecule has 0 unspecified atom stereocenters. The highest BCUT2D eigenvalue weighted by atomic mass is 16.4. The second kappa shape index (κ2) is 14.8. The zero-order valence-electron chi connectivity index (χ0n) is 19.7. The van der Waals surface area contributed by atoms with Gasteiger partial charge in [-0.25, -0.2) is 0 Å². The highest BCUT2D eigenvalue weighted by Gasteiger charge is 2.28. The molecule has 8 N–H and O–H groups in total. The van der Waals surface area contributed by atoms with Crippen LogP contribution >= 0.6 is 0 Å². The number of carbonyl (C=O) groups excluding carboxylic acids is 5. The van der Waals surface area contributed by atoms with Crippen molar-refractivity contribution in [1.29, 1.82) is 0 Å². The maximum absolute atomic E-state index is 12.7. The largest absolute Gasteiger partial charge is 0.480 e. The van der Waals surface area contributed by atoms with E-state index < -0.39 is 65.7 Å². The van der Waals surface area contributed by atoms with Crippen molar-refractivity contribution in [2.24, 2.45) is 5.73 Å². The first-order valence-corrected chi connectivity index (χ1v) is 10.7. The van der Waals surface area contributed by atoms with Crippen LogP contribution in [-0.2, 0) is 28.8 Å². The number of nitrogens with one attached hydrogen (secondary N) is 5. The third kappa shape index (κ3) is 11.8. The van der Waals surface area contributed by atoms with Gasteiger partial charge in [0.1, 0.15) is 30.2 Å². The second-order valence-corrected chi connectivity index (χ2v) is 7.80. The SMILES string of the molecule is CC(=O)N[C@@H](C)C(=O)N[C@@H](C)C(=O)N[C@@H](CCCCN)C(=O)N[C@@H](C)C(=O)N[C@@H](C)C(=O)O. The van der Waals surface area contributed by atoms with E-state index in [1.165, 1.54) is 34.6 Å². The van der Waals surface area contributed by atoms with Crippen LogP contribution in [-0.4, -0.2) is 77.4 Å². The number of carbonyl (C=O) groups is 6. The Morgan fingerprint density at radius 2 is 1.09 bits per heavy atom. The fourth-order valence-electron chi connectivity index (χ4n) is 2.61. The van der Waals surface area contributed by atoms with Crippen molar-refractivity contribution in [3.63, 3.8) is 0 Å². The Bertz CT molecular complexity index is 730. The van der Waals surface area contributed by atoms with E-state index in [1.54, 1.807) is 0 Å². The van der Waals surface area contributed by atoms with Crippen LogP contribution in [0, 0.1) is 0 Å². The predicted molar refractivity (Wildman–Crippen MR) is 119 cm³/mol. The molecular weight excluding hydrogens is 436 g/mol. The number of amides is 5. The van der Waals surface area contributed by atoms with Gasteiger partial charge in [0.05, 0.1) is 0 Å². The monoisotopic (exact) mass is 472 g/mol. The number of hydrogen-bond donors (Lipinski definition) is 7. The number of hydrogen-bond acceptors (Lipinski definition) is 7. The second-order valence-electron chi connectivity index (χ2n) is 7.80. The number of carboxylic acids is 1. The Hall–Kier alpha value is -3.22. The van der Waals surface area contributed by atoms with Gasteiger partial charge in [0, 0.05) is 6.92 Å². The maximum Gasteiger partial charge on any atom is 0.325 e. The van der Waals surface area contributed by atoms with Crippen LogP contribution < -0.4 is 32.3 Å². The molecule has 0 fully saturated rings. The lowest BCUT2D eigenvalue weighted by molar-refractivity contribution is -0.141. The van der Waals surface area contributed by atoms with Gasteiger partial charge in [-0.05, 0) is 53.5 Å². The summed E-state index contributed by atoms with van der Waals surface area (Å²) in [6.07, 6.45) is 1.36. The Balaban J connectivity index is 5.08. The molecule has 0 aromatic rings. The van der Waals surface area contributed by atoms with Crippen molar-refractivity contribution < 1.29 is 33.9 Å². The summed E-state index contributed by atoms with van der Waals surface area (Å²) in [6, 6.07) is -5.06. The van der Waals surface area contributed by atoms with E-state index in [1.807, 2.05) is 0 Å². The normalized spacial score (nSPS) is 15.1. The van der Waals surface area contributed by atoms with E-state index in [4.69, 9.17) is 10.8 Å². The minimum absolute atomic E-state index is 0.234. The quantitative estimate of drug-likeness (QED) is 0.137. The summed E-state index contributed by atoms with van der Waals surface area (Å²) in [5.41, 5.74) is 5.48. The minimum atomic E-state index is -1.22. The molecule has 0 saturated carbocycles. The molecule has 0 aliphatic carbocycles. The first kappa shape index (κ1) is 29.8. The van der Waals surface area contributed by atoms with Gasteiger partial charge in [0.2, 0.25) is 29.5 Å². The standard InChI is InChI=1S/C20H36N6O7/c1-10(22-14(5)27)16(28)23-12(3)18(30)26-15(8-6-7-9-21)19(31)24-11(2)17(29)25-13(4)20(32)33/h10-13,15H,6-9,21H2,1-5H3,(H,22,27)(H,23,28)(H,24,31)(H,25,29)(H,26,30)(H,32,33)/t10-,11-,12-,13-,15-/m0/s1. The molecule has 188 valence electrons. The molecule has 33 heavy (non-hydrogen) atoms. The summed E-state index contributed by atoms with van der Waals surface area (Å²) in [5.74, 6) is -4.17. The molecule has 0 heterocycles. The van der Waals surface area contributed by atoms with Gasteiger partial charge in [-0.15, -0.1) is 0 Å². The lowest BCUT2D eigenvalue weighted by atomic mass is 10.1.